The van der Waals surface area contributed by atoms with Gasteiger partial charge >= 0.3 is 0 Å². The van der Waals surface area contributed by atoms with Crippen LogP contribution in [-0.2, 0) is 11.2 Å². The van der Waals surface area contributed by atoms with Crippen molar-refractivity contribution < 1.29 is 9.59 Å². The number of anilines is 1. The van der Waals surface area contributed by atoms with Gasteiger partial charge in [0, 0.05) is 35.9 Å². The van der Waals surface area contributed by atoms with E-state index in [-0.39, 0.29) is 17.6 Å². The topological polar surface area (TPSA) is 67.2 Å². The molecule has 0 saturated carbocycles. The summed E-state index contributed by atoms with van der Waals surface area (Å²) < 4.78 is 1.87. The van der Waals surface area contributed by atoms with Crippen LogP contribution in [0.25, 0.3) is 5.69 Å². The van der Waals surface area contributed by atoms with Gasteiger partial charge in [-0.1, -0.05) is 18.2 Å². The maximum absolute atomic E-state index is 12.6. The smallest absolute Gasteiger partial charge is 0.285 e. The number of nitrogens with zero attached hydrogens (tertiary/aromatic N) is 3. The maximum atomic E-state index is 12.6. The largest absolute Gasteiger partial charge is 0.339 e. The predicted octanol–water partition coefficient (Wildman–Crippen LogP) is 4.44. The summed E-state index contributed by atoms with van der Waals surface area (Å²) in [6.07, 6.45) is 0.250. The second-order valence-corrected chi connectivity index (χ2v) is 7.93. The Labute approximate surface area is 174 Å². The molecule has 1 heterocycles. The number of benzene rings is 2. The fraction of sp³-hybridized carbons (Fsp3) is 0.227. The molecule has 0 spiro atoms. The average Bonchev–Trinajstić information content (AvgIpc) is 2.98. The standard InChI is InChI=1S/C22H24N4O2S/c1-15-20(16(2)26(24-15)18-8-6-5-7-9-18)14-21(27)23-17-10-12-19(13-11-17)29-22(28)25(3)4/h5-13H,14H2,1-4H3,(H,23,27). The minimum absolute atomic E-state index is 0.0387. The number of thioether (sulfide) groups is 1. The number of carbonyl (C=O) groups is 2. The Kier molecular flexibility index (Phi) is 6.39. The molecule has 7 heteroatoms. The van der Waals surface area contributed by atoms with Crippen LogP contribution >= 0.6 is 11.8 Å². The van der Waals surface area contributed by atoms with E-state index in [4.69, 9.17) is 0 Å². The third-order valence-corrected chi connectivity index (χ3v) is 5.54. The molecule has 0 fully saturated rings. The van der Waals surface area contributed by atoms with E-state index >= 15 is 0 Å². The van der Waals surface area contributed by atoms with E-state index < -0.39 is 0 Å². The summed E-state index contributed by atoms with van der Waals surface area (Å²) in [7, 11) is 3.43. The molecule has 3 rings (SSSR count). The quantitative estimate of drug-likeness (QED) is 0.634. The van der Waals surface area contributed by atoms with Gasteiger partial charge in [-0.25, -0.2) is 4.68 Å². The van der Waals surface area contributed by atoms with Crippen molar-refractivity contribution in [2.75, 3.05) is 19.4 Å². The van der Waals surface area contributed by atoms with Crippen LogP contribution in [0.2, 0.25) is 0 Å². The number of carbonyl (C=O) groups excluding carboxylic acids is 2. The van der Waals surface area contributed by atoms with Crippen LogP contribution < -0.4 is 5.32 Å². The minimum atomic E-state index is -0.103. The van der Waals surface area contributed by atoms with Gasteiger partial charge in [0.1, 0.15) is 0 Å². The van der Waals surface area contributed by atoms with Gasteiger partial charge in [0.05, 0.1) is 17.8 Å². The van der Waals surface area contributed by atoms with Gasteiger partial charge in [0.2, 0.25) is 5.91 Å². The molecule has 1 aromatic heterocycles. The summed E-state index contributed by atoms with van der Waals surface area (Å²) in [5.74, 6) is -0.103. The number of hydrogen-bond donors (Lipinski definition) is 1. The average molecular weight is 409 g/mol. The van der Waals surface area contributed by atoms with Crippen LogP contribution in [0.15, 0.2) is 59.5 Å². The highest BCUT2D eigenvalue weighted by Crippen LogP contribution is 2.23. The Morgan fingerprint density at radius 1 is 1.03 bits per heavy atom. The van der Waals surface area contributed by atoms with Gasteiger partial charge in [-0.15, -0.1) is 0 Å². The zero-order valence-electron chi connectivity index (χ0n) is 17.0. The Morgan fingerprint density at radius 2 is 1.69 bits per heavy atom. The van der Waals surface area contributed by atoms with Crippen LogP contribution in [0, 0.1) is 13.8 Å². The van der Waals surface area contributed by atoms with Crippen molar-refractivity contribution in [1.29, 1.82) is 0 Å². The van der Waals surface area contributed by atoms with E-state index in [1.807, 2.05) is 61.0 Å². The zero-order chi connectivity index (χ0) is 21.0. The Bertz CT molecular complexity index is 1010. The first-order valence-corrected chi connectivity index (χ1v) is 10.1. The van der Waals surface area contributed by atoms with Crippen LogP contribution in [-0.4, -0.2) is 39.9 Å². The number of para-hydroxylation sites is 1. The molecule has 0 atom stereocenters. The van der Waals surface area contributed by atoms with Crippen molar-refractivity contribution in [1.82, 2.24) is 14.7 Å². The second-order valence-electron chi connectivity index (χ2n) is 6.91. The number of amides is 2. The van der Waals surface area contributed by atoms with E-state index in [0.717, 1.165) is 39.3 Å². The summed E-state index contributed by atoms with van der Waals surface area (Å²) in [6.45, 7) is 3.90. The Balaban J connectivity index is 1.67. The summed E-state index contributed by atoms with van der Waals surface area (Å²) in [4.78, 5) is 26.7. The third kappa shape index (κ3) is 5.06. The van der Waals surface area contributed by atoms with Crippen molar-refractivity contribution in [3.63, 3.8) is 0 Å². The van der Waals surface area contributed by atoms with Crippen LogP contribution in [0.3, 0.4) is 0 Å². The predicted molar refractivity (Wildman–Crippen MR) is 117 cm³/mol. The first kappa shape index (κ1) is 20.7. The molecule has 3 aromatic rings. The maximum Gasteiger partial charge on any atom is 0.285 e. The Hall–Kier alpha value is -3.06. The highest BCUT2D eigenvalue weighted by atomic mass is 32.2. The molecule has 0 aliphatic carbocycles. The lowest BCUT2D eigenvalue weighted by Crippen LogP contribution is -2.16. The molecule has 6 nitrogen and oxygen atoms in total. The van der Waals surface area contributed by atoms with Crippen molar-refractivity contribution in [2.45, 2.75) is 25.2 Å². The lowest BCUT2D eigenvalue weighted by molar-refractivity contribution is -0.115. The number of hydrogen-bond acceptors (Lipinski definition) is 4. The molecular weight excluding hydrogens is 384 g/mol. The first-order chi connectivity index (χ1) is 13.8. The van der Waals surface area contributed by atoms with Gasteiger partial charge < -0.3 is 10.2 Å². The molecule has 0 aliphatic rings. The summed E-state index contributed by atoms with van der Waals surface area (Å²) in [5, 5.41) is 7.47. The van der Waals surface area contributed by atoms with Gasteiger partial charge in [0.15, 0.2) is 0 Å². The van der Waals surface area contributed by atoms with Crippen LogP contribution in [0.5, 0.6) is 0 Å². The molecule has 0 saturated heterocycles. The summed E-state index contributed by atoms with van der Waals surface area (Å²) >= 11 is 1.15. The normalized spacial score (nSPS) is 10.6. The summed E-state index contributed by atoms with van der Waals surface area (Å²) in [6, 6.07) is 17.1. The highest BCUT2D eigenvalue weighted by Gasteiger charge is 2.16. The van der Waals surface area contributed by atoms with Crippen LogP contribution in [0.1, 0.15) is 17.0 Å². The van der Waals surface area contributed by atoms with Crippen LogP contribution in [0.4, 0.5) is 10.5 Å². The molecule has 0 unspecified atom stereocenters. The molecule has 0 radical (unpaired) electrons. The van der Waals surface area contributed by atoms with E-state index in [1.165, 1.54) is 4.90 Å². The molecule has 2 aromatic carbocycles. The van der Waals surface area contributed by atoms with Crippen molar-refractivity contribution in [2.24, 2.45) is 0 Å². The molecule has 29 heavy (non-hydrogen) atoms. The number of aromatic nitrogens is 2. The van der Waals surface area contributed by atoms with Gasteiger partial charge in [-0.05, 0) is 62.0 Å². The molecule has 1 N–H and O–H groups in total. The SMILES string of the molecule is Cc1nn(-c2ccccc2)c(C)c1CC(=O)Nc1ccc(SC(=O)N(C)C)cc1. The molecular formula is C22H24N4O2S. The van der Waals surface area contributed by atoms with Crippen molar-refractivity contribution in [3.05, 3.63) is 71.5 Å². The second kappa shape index (κ2) is 8.96. The zero-order valence-corrected chi connectivity index (χ0v) is 17.8. The molecule has 0 bridgehead atoms. The van der Waals surface area contributed by atoms with Gasteiger partial charge in [0.25, 0.3) is 5.24 Å². The Morgan fingerprint density at radius 3 is 2.31 bits per heavy atom. The van der Waals surface area contributed by atoms with E-state index in [2.05, 4.69) is 10.4 Å². The van der Waals surface area contributed by atoms with Gasteiger partial charge in [-0.2, -0.15) is 5.10 Å². The van der Waals surface area contributed by atoms with E-state index in [9.17, 15) is 9.59 Å². The fourth-order valence-corrected chi connectivity index (χ4v) is 3.57. The highest BCUT2D eigenvalue weighted by molar-refractivity contribution is 8.13. The summed E-state index contributed by atoms with van der Waals surface area (Å²) in [5.41, 5.74) is 4.39. The number of rotatable bonds is 5. The minimum Gasteiger partial charge on any atom is -0.339 e. The fourth-order valence-electron chi connectivity index (χ4n) is 2.92. The lowest BCUT2D eigenvalue weighted by atomic mass is 10.1. The molecule has 2 amide bonds. The van der Waals surface area contributed by atoms with Gasteiger partial charge in [-0.3, -0.25) is 9.59 Å². The monoisotopic (exact) mass is 408 g/mol. The van der Waals surface area contributed by atoms with Crippen molar-refractivity contribution >= 4 is 28.6 Å². The third-order valence-electron chi connectivity index (χ3n) is 4.49. The lowest BCUT2D eigenvalue weighted by Gasteiger charge is -2.10. The van der Waals surface area contributed by atoms with E-state index in [1.54, 1.807) is 26.2 Å². The number of aryl methyl sites for hydroxylation is 1. The molecule has 150 valence electrons. The molecule has 0 aliphatic heterocycles. The van der Waals surface area contributed by atoms with E-state index in [0.29, 0.717) is 5.69 Å². The van der Waals surface area contributed by atoms with Crippen molar-refractivity contribution in [3.8, 4) is 5.69 Å². The first-order valence-electron chi connectivity index (χ1n) is 9.24. The number of nitrogens with one attached hydrogen (secondary N) is 1.